The topological polar surface area (TPSA) is 220 Å². The van der Waals surface area contributed by atoms with Crippen LogP contribution in [0.25, 0.3) is 0 Å². The van der Waals surface area contributed by atoms with E-state index in [2.05, 4.69) is 21.2 Å². The second-order valence-corrected chi connectivity index (χ2v) is 17.0. The van der Waals surface area contributed by atoms with E-state index in [1.54, 1.807) is 67.3 Å². The predicted molar refractivity (Wildman–Crippen MR) is 233 cm³/mol. The Morgan fingerprint density at radius 2 is 1.66 bits per heavy atom. The van der Waals surface area contributed by atoms with E-state index in [4.69, 9.17) is 9.47 Å². The lowest BCUT2D eigenvalue weighted by atomic mass is 9.87. The average molecular weight is 890 g/mol. The lowest BCUT2D eigenvalue weighted by Gasteiger charge is -2.34. The molecule has 0 saturated carbocycles. The van der Waals surface area contributed by atoms with Gasteiger partial charge in [0.05, 0.1) is 5.71 Å². The zero-order chi connectivity index (χ0) is 46.3. The first kappa shape index (κ1) is 44.3. The number of anilines is 1. The van der Waals surface area contributed by atoms with Crippen molar-refractivity contribution in [3.05, 3.63) is 117 Å². The molecule has 4 aromatic carbocycles. The number of aryl methyl sites for hydroxylation is 2. The largest absolute Gasteiger partial charge is 0.508 e. The third-order valence-corrected chi connectivity index (χ3v) is 12.2. The van der Waals surface area contributed by atoms with E-state index in [1.807, 2.05) is 18.7 Å². The van der Waals surface area contributed by atoms with Gasteiger partial charge in [-0.25, -0.2) is 19.4 Å². The first-order chi connectivity index (χ1) is 31.1. The molecule has 2 unspecified atom stereocenters. The minimum Gasteiger partial charge on any atom is -0.508 e. The summed E-state index contributed by atoms with van der Waals surface area (Å²) in [5.41, 5.74) is 7.46. The lowest BCUT2D eigenvalue weighted by molar-refractivity contribution is -0.137. The molecule has 4 aliphatic rings. The number of amides is 6. The molecule has 0 bridgehead atoms. The van der Waals surface area contributed by atoms with Gasteiger partial charge in [-0.05, 0) is 90.4 Å². The normalized spacial score (nSPS) is 18.6. The molecule has 4 aliphatic heterocycles. The molecule has 6 amide bonds. The van der Waals surface area contributed by atoms with Crippen LogP contribution >= 0.6 is 0 Å². The molecule has 0 aromatic heterocycles. The average Bonchev–Trinajstić information content (AvgIpc) is 3.81. The van der Waals surface area contributed by atoms with Gasteiger partial charge >= 0.3 is 12.2 Å². The van der Waals surface area contributed by atoms with Crippen molar-refractivity contribution in [3.63, 3.8) is 0 Å². The van der Waals surface area contributed by atoms with Crippen molar-refractivity contribution >= 4 is 47.2 Å². The number of imide groups is 1. The Hall–Kier alpha value is -7.34. The number of phenolic OH excluding ortho intramolecular Hbond substituents is 2. The van der Waals surface area contributed by atoms with Gasteiger partial charge in [0, 0.05) is 79.7 Å². The van der Waals surface area contributed by atoms with Crippen LogP contribution in [0.4, 0.5) is 19.7 Å². The van der Waals surface area contributed by atoms with Gasteiger partial charge in [-0.1, -0.05) is 32.0 Å². The second kappa shape index (κ2) is 18.0. The number of piperazine rings is 1. The number of hydrogen-bond donors (Lipinski definition) is 5. The van der Waals surface area contributed by atoms with Gasteiger partial charge in [0.2, 0.25) is 11.8 Å². The summed E-state index contributed by atoms with van der Waals surface area (Å²) in [4.78, 5) is 81.5. The minimum absolute atomic E-state index is 0.0718. The Kier molecular flexibility index (Phi) is 12.3. The number of nitrogens with zero attached hydrogens (tertiary/aromatic N) is 4. The second-order valence-electron chi connectivity index (χ2n) is 17.0. The number of carbonyl (C=O) groups is 6. The number of phenols is 2. The molecule has 18 heteroatoms. The number of hydrazone groups is 1. The van der Waals surface area contributed by atoms with Crippen LogP contribution in [-0.2, 0) is 38.8 Å². The fourth-order valence-electron chi connectivity index (χ4n) is 8.79. The molecule has 4 aromatic rings. The minimum atomic E-state index is -0.979. The number of ether oxygens (including phenoxy) is 2. The third kappa shape index (κ3) is 9.06. The Labute approximate surface area is 373 Å². The van der Waals surface area contributed by atoms with Gasteiger partial charge < -0.3 is 29.5 Å². The predicted octanol–water partition coefficient (Wildman–Crippen LogP) is 5.42. The van der Waals surface area contributed by atoms with Crippen LogP contribution < -0.4 is 20.8 Å². The lowest BCUT2D eigenvalue weighted by Crippen LogP contribution is -2.52. The van der Waals surface area contributed by atoms with Crippen LogP contribution in [0.3, 0.4) is 0 Å². The monoisotopic (exact) mass is 889 g/mol. The molecule has 338 valence electrons. The quantitative estimate of drug-likeness (QED) is 0.127. The summed E-state index contributed by atoms with van der Waals surface area (Å²) in [6, 6.07) is 15.0. The van der Waals surface area contributed by atoms with E-state index >= 15 is 4.39 Å². The summed E-state index contributed by atoms with van der Waals surface area (Å²) < 4.78 is 27.0. The van der Waals surface area contributed by atoms with Crippen LogP contribution in [0.15, 0.2) is 65.8 Å². The Balaban J connectivity index is 0.825. The fraction of sp³-hybridized carbons (Fsp3) is 0.340. The molecule has 8 rings (SSSR count). The number of benzene rings is 4. The Morgan fingerprint density at radius 1 is 0.923 bits per heavy atom. The van der Waals surface area contributed by atoms with Gasteiger partial charge in [-0.2, -0.15) is 5.10 Å². The van der Waals surface area contributed by atoms with Crippen LogP contribution in [0.2, 0.25) is 0 Å². The molecular formula is C47H48FN7O10. The number of carbonyl (C=O) groups excluding carboxylic acids is 6. The molecule has 0 spiro atoms. The first-order valence-electron chi connectivity index (χ1n) is 21.3. The number of aromatic hydroxyl groups is 2. The van der Waals surface area contributed by atoms with Crippen molar-refractivity contribution in [1.29, 1.82) is 0 Å². The zero-order valence-corrected chi connectivity index (χ0v) is 36.2. The van der Waals surface area contributed by atoms with Crippen molar-refractivity contribution in [2.45, 2.75) is 78.1 Å². The van der Waals surface area contributed by atoms with Crippen LogP contribution in [0.5, 0.6) is 17.2 Å². The van der Waals surface area contributed by atoms with Crippen molar-refractivity contribution in [2.75, 3.05) is 31.5 Å². The first-order valence-corrected chi connectivity index (χ1v) is 21.3. The molecule has 0 radical (unpaired) electrons. The van der Waals surface area contributed by atoms with Crippen LogP contribution in [0, 0.1) is 19.7 Å². The number of halogens is 1. The summed E-state index contributed by atoms with van der Waals surface area (Å²) >= 11 is 0. The standard InChI is InChI=1S/C47H48FN7O10/c1-24(2)31-19-32(38(57)20-37(31)56)41-40(44(60)52-51-41)28-8-9-29(34(48)18-28)21-53-12-14-54(15-13-53)47(63)65-42-25(3)16-27(17-26(42)4)23-64-46(62)49-35-7-5-6-30-33(35)22-55(45(30)61)36-10-11-39(58)50-43(36)59/h5-9,16-20,24,36,40,56-57H,10-15,21-23H2,1-4H3,(H,49,62)(H,52,60)(H,50,58,59). The molecule has 0 aliphatic carbocycles. The van der Waals surface area contributed by atoms with E-state index in [0.717, 1.165) is 0 Å². The maximum Gasteiger partial charge on any atom is 0.415 e. The SMILES string of the molecule is Cc1cc(COC(=O)Nc2cccc3c2CN(C2CCC(=O)NC2=O)C3=O)cc(C)c1OC(=O)N1CCN(Cc2ccc(C3C(=O)NN=C3c3cc(C(C)C)c(O)cc3O)cc2F)CC1. The molecule has 2 atom stereocenters. The molecule has 5 N–H and O–H groups in total. The number of piperidine rings is 1. The van der Waals surface area contributed by atoms with E-state index in [1.165, 1.54) is 17.0 Å². The highest BCUT2D eigenvalue weighted by Crippen LogP contribution is 2.37. The van der Waals surface area contributed by atoms with Crippen LogP contribution in [-0.4, -0.2) is 98.7 Å². The molecule has 65 heavy (non-hydrogen) atoms. The van der Waals surface area contributed by atoms with E-state index < -0.39 is 41.8 Å². The van der Waals surface area contributed by atoms with Gasteiger partial charge in [0.15, 0.2) is 0 Å². The van der Waals surface area contributed by atoms with Gasteiger partial charge in [-0.3, -0.25) is 34.7 Å². The zero-order valence-electron chi connectivity index (χ0n) is 36.2. The Morgan fingerprint density at radius 3 is 2.35 bits per heavy atom. The maximum atomic E-state index is 15.7. The third-order valence-electron chi connectivity index (χ3n) is 12.2. The summed E-state index contributed by atoms with van der Waals surface area (Å²) in [5, 5.41) is 30.1. The molecule has 17 nitrogen and oxygen atoms in total. The highest BCUT2D eigenvalue weighted by molar-refractivity contribution is 6.21. The van der Waals surface area contributed by atoms with E-state index in [0.29, 0.717) is 82.1 Å². The van der Waals surface area contributed by atoms with E-state index in [9.17, 15) is 39.0 Å². The van der Waals surface area contributed by atoms with Gasteiger partial charge in [0.25, 0.3) is 11.8 Å². The van der Waals surface area contributed by atoms with Crippen molar-refractivity contribution in [3.8, 4) is 17.2 Å². The smallest absolute Gasteiger partial charge is 0.415 e. The fourth-order valence-corrected chi connectivity index (χ4v) is 8.79. The Bertz CT molecular complexity index is 2650. The molecule has 2 fully saturated rings. The van der Waals surface area contributed by atoms with Crippen LogP contribution in [0.1, 0.15) is 93.4 Å². The van der Waals surface area contributed by atoms with Gasteiger partial charge in [-0.15, -0.1) is 0 Å². The highest BCUT2D eigenvalue weighted by atomic mass is 19.1. The highest BCUT2D eigenvalue weighted by Gasteiger charge is 2.40. The molecular weight excluding hydrogens is 842 g/mol. The maximum absolute atomic E-state index is 15.7. The summed E-state index contributed by atoms with van der Waals surface area (Å²) in [6.45, 7) is 9.15. The number of rotatable bonds is 10. The van der Waals surface area contributed by atoms with Crippen molar-refractivity contribution in [1.82, 2.24) is 25.4 Å². The van der Waals surface area contributed by atoms with E-state index in [-0.39, 0.29) is 73.0 Å². The summed E-state index contributed by atoms with van der Waals surface area (Å²) in [6.07, 6.45) is -0.952. The number of fused-ring (bicyclic) bond motifs is 1. The molecule has 4 heterocycles. The molecule has 2 saturated heterocycles. The van der Waals surface area contributed by atoms with Crippen molar-refractivity contribution in [2.24, 2.45) is 5.10 Å². The summed E-state index contributed by atoms with van der Waals surface area (Å²) in [7, 11) is 0. The number of hydrogen-bond acceptors (Lipinski definition) is 12. The number of nitrogens with one attached hydrogen (secondary N) is 3. The van der Waals surface area contributed by atoms with Gasteiger partial charge in [0.1, 0.15) is 41.6 Å². The summed E-state index contributed by atoms with van der Waals surface area (Å²) in [5.74, 6) is -3.26. The van der Waals surface area contributed by atoms with Crippen molar-refractivity contribution < 1.29 is 52.8 Å².